The van der Waals surface area contributed by atoms with Crippen molar-refractivity contribution < 1.29 is 4.79 Å². The van der Waals surface area contributed by atoms with Gasteiger partial charge in [-0.1, -0.05) is 47.2 Å². The molecule has 0 radical (unpaired) electrons. The number of H-pyrrole nitrogens is 1. The number of nitrogens with one attached hydrogen (secondary N) is 3. The zero-order valence-corrected chi connectivity index (χ0v) is 15.6. The zero-order chi connectivity index (χ0) is 18.4. The molecule has 0 aliphatic heterocycles. The molecule has 1 aromatic heterocycles. The summed E-state index contributed by atoms with van der Waals surface area (Å²) in [5.41, 5.74) is 4.19. The number of nitrogens with zero attached hydrogens (tertiary/aromatic N) is 2. The monoisotopic (exact) mass is 367 g/mol. The second-order valence-corrected chi connectivity index (χ2v) is 6.93. The van der Waals surface area contributed by atoms with Crippen molar-refractivity contribution in [2.45, 2.75) is 25.5 Å². The summed E-state index contributed by atoms with van der Waals surface area (Å²) in [6.45, 7) is 4.61. The van der Waals surface area contributed by atoms with E-state index in [2.05, 4.69) is 44.9 Å². The van der Waals surface area contributed by atoms with Gasteiger partial charge in [-0.2, -0.15) is 0 Å². The largest absolute Gasteiger partial charge is 0.378 e. The van der Waals surface area contributed by atoms with Crippen LogP contribution in [-0.4, -0.2) is 26.8 Å². The van der Waals surface area contributed by atoms with E-state index in [1.54, 1.807) is 0 Å². The highest BCUT2D eigenvalue weighted by atomic mass is 32.2. The van der Waals surface area contributed by atoms with Crippen molar-refractivity contribution in [2.24, 2.45) is 0 Å². The normalized spacial score (nSPS) is 10.5. The van der Waals surface area contributed by atoms with Crippen LogP contribution in [0.4, 0.5) is 11.4 Å². The molecule has 0 atom stereocenters. The van der Waals surface area contributed by atoms with Crippen LogP contribution in [0, 0.1) is 13.8 Å². The molecule has 0 saturated heterocycles. The number of aryl methyl sites for hydroxylation is 2. The maximum absolute atomic E-state index is 12.0. The van der Waals surface area contributed by atoms with E-state index in [4.69, 9.17) is 0 Å². The molecule has 0 bridgehead atoms. The Hall–Kier alpha value is -2.80. The van der Waals surface area contributed by atoms with Crippen LogP contribution < -0.4 is 10.6 Å². The van der Waals surface area contributed by atoms with E-state index in [0.29, 0.717) is 11.7 Å². The lowest BCUT2D eigenvalue weighted by atomic mass is 10.2. The van der Waals surface area contributed by atoms with Crippen molar-refractivity contribution >= 4 is 29.0 Å². The quantitative estimate of drug-likeness (QED) is 0.554. The first-order chi connectivity index (χ1) is 12.6. The Balaban J connectivity index is 1.45. The number of thioether (sulfide) groups is 1. The van der Waals surface area contributed by atoms with Gasteiger partial charge in [-0.25, -0.2) is 4.98 Å². The van der Waals surface area contributed by atoms with E-state index in [9.17, 15) is 4.79 Å². The second-order valence-electron chi connectivity index (χ2n) is 5.99. The van der Waals surface area contributed by atoms with Crippen LogP contribution >= 0.6 is 11.8 Å². The molecule has 134 valence electrons. The summed E-state index contributed by atoms with van der Waals surface area (Å²) in [6.07, 6.45) is 0. The van der Waals surface area contributed by atoms with Crippen LogP contribution in [-0.2, 0) is 11.3 Å². The molecule has 0 aliphatic carbocycles. The van der Waals surface area contributed by atoms with Gasteiger partial charge < -0.3 is 10.6 Å². The lowest BCUT2D eigenvalue weighted by Gasteiger charge is -2.04. The lowest BCUT2D eigenvalue weighted by Crippen LogP contribution is -2.14. The number of hydrogen-bond donors (Lipinski definition) is 3. The Morgan fingerprint density at radius 3 is 2.27 bits per heavy atom. The maximum atomic E-state index is 12.0. The predicted octanol–water partition coefficient (Wildman–Crippen LogP) is 3.76. The third-order valence-electron chi connectivity index (χ3n) is 3.69. The Morgan fingerprint density at radius 2 is 1.62 bits per heavy atom. The number of rotatable bonds is 7. The molecule has 0 aliphatic rings. The highest BCUT2D eigenvalue weighted by molar-refractivity contribution is 7.99. The molecule has 26 heavy (non-hydrogen) atoms. The first-order valence-electron chi connectivity index (χ1n) is 8.29. The number of amides is 1. The number of aromatic nitrogens is 3. The standard InChI is InChI=1S/C19H21N5OS/c1-13-3-7-15(8-4-13)20-11-17-22-19(24-23-17)26-12-18(25)21-16-9-5-14(2)6-10-16/h3-10,20H,11-12H2,1-2H3,(H,21,25)(H,22,23,24). The third-order valence-corrected chi connectivity index (χ3v) is 4.54. The maximum Gasteiger partial charge on any atom is 0.234 e. The van der Waals surface area contributed by atoms with E-state index >= 15 is 0 Å². The van der Waals surface area contributed by atoms with Crippen LogP contribution in [0.3, 0.4) is 0 Å². The summed E-state index contributed by atoms with van der Waals surface area (Å²) in [4.78, 5) is 16.4. The predicted molar refractivity (Wildman–Crippen MR) is 105 cm³/mol. The van der Waals surface area contributed by atoms with Crippen LogP contribution in [0.2, 0.25) is 0 Å². The summed E-state index contributed by atoms with van der Waals surface area (Å²) in [7, 11) is 0. The summed E-state index contributed by atoms with van der Waals surface area (Å²) in [6, 6.07) is 15.9. The first-order valence-corrected chi connectivity index (χ1v) is 9.28. The molecule has 6 nitrogen and oxygen atoms in total. The first kappa shape index (κ1) is 18.0. The molecule has 1 amide bonds. The van der Waals surface area contributed by atoms with Crippen LogP contribution in [0.5, 0.6) is 0 Å². The molecule has 0 spiro atoms. The van der Waals surface area contributed by atoms with Gasteiger partial charge in [0.2, 0.25) is 11.1 Å². The lowest BCUT2D eigenvalue weighted by molar-refractivity contribution is -0.113. The van der Waals surface area contributed by atoms with E-state index in [1.807, 2.05) is 43.3 Å². The van der Waals surface area contributed by atoms with Gasteiger partial charge in [0.15, 0.2) is 0 Å². The molecule has 0 unspecified atom stereocenters. The zero-order valence-electron chi connectivity index (χ0n) is 14.7. The molecule has 1 heterocycles. The van der Waals surface area contributed by atoms with Gasteiger partial charge in [-0.05, 0) is 38.1 Å². The highest BCUT2D eigenvalue weighted by Gasteiger charge is 2.08. The number of aromatic amines is 1. The Bertz CT molecular complexity index is 858. The van der Waals surface area contributed by atoms with Crippen molar-refractivity contribution in [3.05, 3.63) is 65.5 Å². The Labute approximate surface area is 156 Å². The molecule has 7 heteroatoms. The van der Waals surface area contributed by atoms with Gasteiger partial charge in [0, 0.05) is 11.4 Å². The minimum Gasteiger partial charge on any atom is -0.378 e. The number of anilines is 2. The number of carbonyl (C=O) groups is 1. The van der Waals surface area contributed by atoms with Gasteiger partial charge in [0.25, 0.3) is 0 Å². The van der Waals surface area contributed by atoms with Crippen LogP contribution in [0.25, 0.3) is 0 Å². The summed E-state index contributed by atoms with van der Waals surface area (Å²) in [5.74, 6) is 0.909. The van der Waals surface area contributed by atoms with Crippen molar-refractivity contribution in [2.75, 3.05) is 16.4 Å². The smallest absolute Gasteiger partial charge is 0.234 e. The van der Waals surface area contributed by atoms with Gasteiger partial charge in [0.1, 0.15) is 5.82 Å². The van der Waals surface area contributed by atoms with E-state index in [1.165, 1.54) is 17.3 Å². The van der Waals surface area contributed by atoms with Gasteiger partial charge in [-0.15, -0.1) is 5.10 Å². The fraction of sp³-hybridized carbons (Fsp3) is 0.211. The van der Waals surface area contributed by atoms with Crippen molar-refractivity contribution in [1.82, 2.24) is 15.2 Å². The van der Waals surface area contributed by atoms with Gasteiger partial charge >= 0.3 is 0 Å². The Kier molecular flexibility index (Phi) is 5.91. The minimum absolute atomic E-state index is 0.0806. The Morgan fingerprint density at radius 1 is 1.00 bits per heavy atom. The fourth-order valence-electron chi connectivity index (χ4n) is 2.24. The molecule has 3 rings (SSSR count). The molecular formula is C19H21N5OS. The second kappa shape index (κ2) is 8.53. The molecule has 0 saturated carbocycles. The average molecular weight is 367 g/mol. The summed E-state index contributed by atoms with van der Waals surface area (Å²) >= 11 is 1.30. The van der Waals surface area contributed by atoms with Gasteiger partial charge in [0.05, 0.1) is 12.3 Å². The van der Waals surface area contributed by atoms with E-state index in [-0.39, 0.29) is 11.7 Å². The van der Waals surface area contributed by atoms with Crippen molar-refractivity contribution in [3.8, 4) is 0 Å². The van der Waals surface area contributed by atoms with Crippen LogP contribution in [0.15, 0.2) is 53.7 Å². The van der Waals surface area contributed by atoms with E-state index in [0.717, 1.165) is 22.8 Å². The molecule has 0 fully saturated rings. The number of carbonyl (C=O) groups excluding carboxylic acids is 1. The molecule has 3 N–H and O–H groups in total. The van der Waals surface area contributed by atoms with E-state index < -0.39 is 0 Å². The molecule has 2 aromatic carbocycles. The fourth-order valence-corrected chi connectivity index (χ4v) is 2.86. The SMILES string of the molecule is Cc1ccc(NCc2nc(SCC(=O)Nc3ccc(C)cc3)n[nH]2)cc1. The topological polar surface area (TPSA) is 82.7 Å². The van der Waals surface area contributed by atoms with Crippen molar-refractivity contribution in [1.29, 1.82) is 0 Å². The molecule has 3 aromatic rings. The number of benzene rings is 2. The molecular weight excluding hydrogens is 346 g/mol. The third kappa shape index (κ3) is 5.35. The summed E-state index contributed by atoms with van der Waals surface area (Å²) < 4.78 is 0. The highest BCUT2D eigenvalue weighted by Crippen LogP contribution is 2.15. The van der Waals surface area contributed by atoms with Crippen molar-refractivity contribution in [3.63, 3.8) is 0 Å². The minimum atomic E-state index is -0.0806. The summed E-state index contributed by atoms with van der Waals surface area (Å²) in [5, 5.41) is 13.7. The van der Waals surface area contributed by atoms with Crippen LogP contribution in [0.1, 0.15) is 17.0 Å². The van der Waals surface area contributed by atoms with Gasteiger partial charge in [-0.3, -0.25) is 9.89 Å². The number of hydrogen-bond acceptors (Lipinski definition) is 5. The average Bonchev–Trinajstić information content (AvgIpc) is 3.09.